The Balaban J connectivity index is 2.56. The number of nitrogen functional groups attached to an aromatic ring is 1. The summed E-state index contributed by atoms with van der Waals surface area (Å²) in [5.41, 5.74) is 3.83. The van der Waals surface area contributed by atoms with Gasteiger partial charge in [-0.05, 0) is 29.8 Å². The van der Waals surface area contributed by atoms with E-state index in [1.165, 1.54) is 12.1 Å². The topological polar surface area (TPSA) is 35.2 Å². The quantitative estimate of drug-likeness (QED) is 0.634. The Kier molecular flexibility index (Phi) is 3.95. The molecule has 118 valence electrons. The van der Waals surface area contributed by atoms with Crippen LogP contribution in [0.2, 0.25) is 0 Å². The maximum atomic E-state index is 13.0. The molecule has 0 radical (unpaired) electrons. The van der Waals surface area contributed by atoms with E-state index in [2.05, 4.69) is 4.74 Å². The Morgan fingerprint density at radius 2 is 1.50 bits per heavy atom. The van der Waals surface area contributed by atoms with Gasteiger partial charge in [0.2, 0.25) is 0 Å². The third kappa shape index (κ3) is 3.63. The van der Waals surface area contributed by atoms with Crippen molar-refractivity contribution in [1.29, 1.82) is 0 Å². The molecule has 0 saturated carbocycles. The van der Waals surface area contributed by atoms with E-state index in [0.29, 0.717) is 0 Å². The molecule has 0 unspecified atom stereocenters. The lowest BCUT2D eigenvalue weighted by atomic mass is 9.97. The van der Waals surface area contributed by atoms with Crippen molar-refractivity contribution in [2.24, 2.45) is 0 Å². The minimum atomic E-state index is -4.94. The number of anilines is 1. The molecular weight excluding hydrogens is 312 g/mol. The van der Waals surface area contributed by atoms with Crippen molar-refractivity contribution < 1.29 is 31.1 Å². The Labute approximate surface area is 121 Å². The zero-order valence-electron chi connectivity index (χ0n) is 10.8. The average molecular weight is 321 g/mol. The third-order valence-corrected chi connectivity index (χ3v) is 2.76. The van der Waals surface area contributed by atoms with Gasteiger partial charge in [0.1, 0.15) is 5.75 Å². The normalized spacial score (nSPS) is 12.3. The van der Waals surface area contributed by atoms with E-state index in [1.807, 2.05) is 0 Å². The van der Waals surface area contributed by atoms with Crippen LogP contribution in [-0.4, -0.2) is 6.36 Å². The lowest BCUT2D eigenvalue weighted by Gasteiger charge is -2.16. The molecule has 2 aromatic carbocycles. The number of benzene rings is 2. The molecule has 0 saturated heterocycles. The predicted molar refractivity (Wildman–Crippen MR) is 68.0 cm³/mol. The van der Waals surface area contributed by atoms with E-state index < -0.39 is 23.9 Å². The molecule has 0 aliphatic rings. The summed E-state index contributed by atoms with van der Waals surface area (Å²) in [5.74, 6) is -0.624. The minimum Gasteiger partial charge on any atom is -0.406 e. The highest BCUT2D eigenvalue weighted by Gasteiger charge is 2.35. The van der Waals surface area contributed by atoms with Crippen LogP contribution in [0.3, 0.4) is 0 Å². The molecule has 0 aliphatic heterocycles. The fourth-order valence-corrected chi connectivity index (χ4v) is 1.98. The summed E-state index contributed by atoms with van der Waals surface area (Å²) in [6.07, 6.45) is -9.63. The van der Waals surface area contributed by atoms with Gasteiger partial charge in [0, 0.05) is 11.3 Å². The SMILES string of the molecule is Nc1cccc(C(F)(F)F)c1-c1cccc(OC(F)(F)F)c1. The molecule has 0 fully saturated rings. The molecule has 0 atom stereocenters. The first-order valence-electron chi connectivity index (χ1n) is 5.90. The van der Waals surface area contributed by atoms with Crippen LogP contribution in [-0.2, 0) is 6.18 Å². The number of ether oxygens (including phenoxy) is 1. The Bertz CT molecular complexity index is 678. The van der Waals surface area contributed by atoms with Crippen LogP contribution in [0.4, 0.5) is 32.0 Å². The summed E-state index contributed by atoms with van der Waals surface area (Å²) in [7, 11) is 0. The largest absolute Gasteiger partial charge is 0.573 e. The summed E-state index contributed by atoms with van der Waals surface area (Å²) in [4.78, 5) is 0. The maximum Gasteiger partial charge on any atom is 0.573 e. The maximum absolute atomic E-state index is 13.0. The third-order valence-electron chi connectivity index (χ3n) is 2.76. The summed E-state index contributed by atoms with van der Waals surface area (Å²) in [5, 5.41) is 0. The first kappa shape index (κ1) is 16.0. The number of hydrogen-bond acceptors (Lipinski definition) is 2. The molecule has 0 spiro atoms. The van der Waals surface area contributed by atoms with Crippen molar-refractivity contribution in [1.82, 2.24) is 0 Å². The van der Waals surface area contributed by atoms with Gasteiger partial charge in [-0.15, -0.1) is 13.2 Å². The molecule has 0 aromatic heterocycles. The van der Waals surface area contributed by atoms with Crippen molar-refractivity contribution in [3.05, 3.63) is 48.0 Å². The molecule has 2 nitrogen and oxygen atoms in total. The summed E-state index contributed by atoms with van der Waals surface area (Å²) < 4.78 is 79.4. The summed E-state index contributed by atoms with van der Waals surface area (Å²) >= 11 is 0. The lowest BCUT2D eigenvalue weighted by Crippen LogP contribution is -2.17. The molecule has 2 aromatic rings. The molecule has 2 rings (SSSR count). The van der Waals surface area contributed by atoms with Crippen molar-refractivity contribution in [2.75, 3.05) is 5.73 Å². The average Bonchev–Trinajstić information content (AvgIpc) is 2.35. The van der Waals surface area contributed by atoms with Gasteiger partial charge in [-0.2, -0.15) is 13.2 Å². The molecule has 0 bridgehead atoms. The fourth-order valence-electron chi connectivity index (χ4n) is 1.98. The highest BCUT2D eigenvalue weighted by Crippen LogP contribution is 2.41. The number of hydrogen-bond donors (Lipinski definition) is 1. The smallest absolute Gasteiger partial charge is 0.406 e. The van der Waals surface area contributed by atoms with Gasteiger partial charge < -0.3 is 10.5 Å². The minimum absolute atomic E-state index is 0.118. The Hall–Kier alpha value is -2.38. The molecule has 0 heterocycles. The zero-order valence-corrected chi connectivity index (χ0v) is 10.8. The molecule has 0 amide bonds. The number of nitrogens with two attached hydrogens (primary N) is 1. The van der Waals surface area contributed by atoms with Crippen molar-refractivity contribution >= 4 is 5.69 Å². The summed E-state index contributed by atoms with van der Waals surface area (Å²) in [6.45, 7) is 0. The first-order valence-corrected chi connectivity index (χ1v) is 5.90. The molecule has 0 aliphatic carbocycles. The van der Waals surface area contributed by atoms with Gasteiger partial charge in [0.05, 0.1) is 5.56 Å². The number of halogens is 6. The molecule has 8 heteroatoms. The van der Waals surface area contributed by atoms with Crippen LogP contribution in [0.25, 0.3) is 11.1 Å². The van der Waals surface area contributed by atoms with E-state index in [9.17, 15) is 26.3 Å². The standard InChI is InChI=1S/C14H9F6NO/c15-13(16,17)10-5-2-6-11(21)12(10)8-3-1-4-9(7-8)22-14(18,19)20/h1-7H,21H2. The highest BCUT2D eigenvalue weighted by atomic mass is 19.4. The van der Waals surface area contributed by atoms with Crippen molar-refractivity contribution in [2.45, 2.75) is 12.5 Å². The molecule has 22 heavy (non-hydrogen) atoms. The number of alkyl halides is 6. The van der Waals surface area contributed by atoms with Crippen molar-refractivity contribution in [3.63, 3.8) is 0 Å². The van der Waals surface area contributed by atoms with E-state index in [1.54, 1.807) is 0 Å². The zero-order chi connectivity index (χ0) is 16.5. The van der Waals surface area contributed by atoms with Crippen LogP contribution >= 0.6 is 0 Å². The van der Waals surface area contributed by atoms with E-state index in [4.69, 9.17) is 5.73 Å². The number of rotatable bonds is 2. The van der Waals surface area contributed by atoms with Crippen molar-refractivity contribution in [3.8, 4) is 16.9 Å². The highest BCUT2D eigenvalue weighted by molar-refractivity contribution is 5.80. The van der Waals surface area contributed by atoms with Gasteiger partial charge in [-0.25, -0.2) is 0 Å². The van der Waals surface area contributed by atoms with Crippen LogP contribution < -0.4 is 10.5 Å². The fraction of sp³-hybridized carbons (Fsp3) is 0.143. The Morgan fingerprint density at radius 1 is 0.864 bits per heavy atom. The van der Waals surface area contributed by atoms with Crippen LogP contribution in [0.1, 0.15) is 5.56 Å². The summed E-state index contributed by atoms with van der Waals surface area (Å²) in [6, 6.07) is 7.40. The van der Waals surface area contributed by atoms with Gasteiger partial charge in [0.25, 0.3) is 0 Å². The predicted octanol–water partition coefficient (Wildman–Crippen LogP) is 4.85. The van der Waals surface area contributed by atoms with E-state index >= 15 is 0 Å². The second-order valence-electron chi connectivity index (χ2n) is 4.34. The second kappa shape index (κ2) is 5.43. The van der Waals surface area contributed by atoms with E-state index in [-0.39, 0.29) is 16.8 Å². The molecular formula is C14H9F6NO. The van der Waals surface area contributed by atoms with Gasteiger partial charge in [0.15, 0.2) is 0 Å². The van der Waals surface area contributed by atoms with Gasteiger partial charge in [-0.1, -0.05) is 18.2 Å². The first-order chi connectivity index (χ1) is 10.1. The Morgan fingerprint density at radius 3 is 2.09 bits per heavy atom. The monoisotopic (exact) mass is 321 g/mol. The second-order valence-corrected chi connectivity index (χ2v) is 4.34. The van der Waals surface area contributed by atoms with Gasteiger partial charge in [-0.3, -0.25) is 0 Å². The van der Waals surface area contributed by atoms with E-state index in [0.717, 1.165) is 30.3 Å². The lowest BCUT2D eigenvalue weighted by molar-refractivity contribution is -0.274. The van der Waals surface area contributed by atoms with Crippen LogP contribution in [0.5, 0.6) is 5.75 Å². The van der Waals surface area contributed by atoms with Crippen LogP contribution in [0, 0.1) is 0 Å². The van der Waals surface area contributed by atoms with Gasteiger partial charge >= 0.3 is 12.5 Å². The van der Waals surface area contributed by atoms with Crippen LogP contribution in [0.15, 0.2) is 42.5 Å². The molecule has 2 N–H and O–H groups in total.